The maximum Gasteiger partial charge on any atom is 0.0922 e. The summed E-state index contributed by atoms with van der Waals surface area (Å²) in [5, 5.41) is 0. The minimum atomic E-state index is 0.480. The molecule has 0 aromatic rings. The fourth-order valence-electron chi connectivity index (χ4n) is 5.78. The highest BCUT2D eigenvalue weighted by molar-refractivity contribution is 8.93. The zero-order valence-electron chi connectivity index (χ0n) is 11.3. The van der Waals surface area contributed by atoms with Gasteiger partial charge < -0.3 is 0 Å². The minimum Gasteiger partial charge on any atom is -0.0727 e. The molecular formula is C15H24S2. The normalized spacial score (nSPS) is 50.6. The lowest BCUT2D eigenvalue weighted by atomic mass is 9.47. The van der Waals surface area contributed by atoms with Gasteiger partial charge in [0.15, 0.2) is 0 Å². The summed E-state index contributed by atoms with van der Waals surface area (Å²) in [6.07, 6.45) is 9.43. The summed E-state index contributed by atoms with van der Waals surface area (Å²) in [5.74, 6) is 3.30. The van der Waals surface area contributed by atoms with E-state index in [4.69, 9.17) is 0 Å². The summed E-state index contributed by atoms with van der Waals surface area (Å²) in [6, 6.07) is 0. The summed E-state index contributed by atoms with van der Waals surface area (Å²) in [7, 11) is 4.46. The molecule has 17 heavy (non-hydrogen) atoms. The van der Waals surface area contributed by atoms with Gasteiger partial charge in [0.25, 0.3) is 0 Å². The number of hydrogen-bond donors (Lipinski definition) is 0. The first-order valence-corrected chi connectivity index (χ1v) is 9.46. The summed E-state index contributed by atoms with van der Waals surface area (Å²) >= 11 is 0. The summed E-state index contributed by atoms with van der Waals surface area (Å²) in [4.78, 5) is 0. The molecule has 4 bridgehead atoms. The van der Waals surface area contributed by atoms with Crippen LogP contribution in [0.4, 0.5) is 0 Å². The van der Waals surface area contributed by atoms with E-state index < -0.39 is 0 Å². The molecule has 1 heterocycles. The Morgan fingerprint density at radius 1 is 0.824 bits per heavy atom. The molecule has 1 saturated heterocycles. The molecule has 0 aromatic heterocycles. The van der Waals surface area contributed by atoms with Crippen LogP contribution in [0, 0.1) is 28.6 Å². The van der Waals surface area contributed by atoms with Gasteiger partial charge in [-0.25, -0.2) is 0 Å². The average molecular weight is 268 g/mol. The van der Waals surface area contributed by atoms with Crippen LogP contribution in [-0.2, 0) is 0 Å². The van der Waals surface area contributed by atoms with Crippen molar-refractivity contribution in [1.82, 2.24) is 0 Å². The van der Waals surface area contributed by atoms with Gasteiger partial charge in [-0.05, 0) is 67.1 Å². The second-order valence-corrected chi connectivity index (χ2v) is 11.0. The van der Waals surface area contributed by atoms with Crippen molar-refractivity contribution in [3.05, 3.63) is 0 Å². The third-order valence-electron chi connectivity index (χ3n) is 5.97. The highest BCUT2D eigenvalue weighted by Crippen LogP contribution is 2.84. The van der Waals surface area contributed by atoms with E-state index in [9.17, 15) is 0 Å². The van der Waals surface area contributed by atoms with Gasteiger partial charge >= 0.3 is 0 Å². The van der Waals surface area contributed by atoms with Crippen LogP contribution in [0.3, 0.4) is 0 Å². The van der Waals surface area contributed by atoms with Crippen LogP contribution in [0.15, 0.2) is 0 Å². The van der Waals surface area contributed by atoms with Crippen molar-refractivity contribution in [3.8, 4) is 0 Å². The molecule has 96 valence electrons. The third kappa shape index (κ3) is 1.40. The molecule has 2 heteroatoms. The maximum absolute atomic E-state index is 2.48. The number of rotatable bonds is 1. The Bertz CT molecular complexity index is 313. The molecule has 0 spiro atoms. The molecule has 5 fully saturated rings. The Morgan fingerprint density at radius 2 is 1.24 bits per heavy atom. The highest BCUT2D eigenvalue weighted by atomic mass is 33.2. The first-order valence-electron chi connectivity index (χ1n) is 7.31. The van der Waals surface area contributed by atoms with Crippen LogP contribution in [0.5, 0.6) is 0 Å². The van der Waals surface area contributed by atoms with Crippen LogP contribution in [-0.4, -0.2) is 4.08 Å². The Morgan fingerprint density at radius 3 is 1.53 bits per heavy atom. The molecule has 0 radical (unpaired) electrons. The summed E-state index contributed by atoms with van der Waals surface area (Å²) in [5.41, 5.74) is 1.20. The average Bonchev–Trinajstić information content (AvgIpc) is 2.93. The zero-order chi connectivity index (χ0) is 11.9. The first-order chi connectivity index (χ1) is 7.94. The van der Waals surface area contributed by atoms with Crippen molar-refractivity contribution in [2.45, 2.75) is 63.4 Å². The van der Waals surface area contributed by atoms with E-state index in [1.807, 2.05) is 0 Å². The first kappa shape index (κ1) is 11.5. The molecule has 5 aliphatic rings. The zero-order valence-corrected chi connectivity index (χ0v) is 12.9. The van der Waals surface area contributed by atoms with E-state index in [1.54, 1.807) is 38.5 Å². The van der Waals surface area contributed by atoms with E-state index in [1.165, 1.54) is 0 Å². The molecule has 0 aromatic carbocycles. The quantitative estimate of drug-likeness (QED) is 0.465. The molecule has 5 rings (SSSR count). The van der Waals surface area contributed by atoms with Crippen LogP contribution in [0.1, 0.15) is 59.3 Å². The lowest BCUT2D eigenvalue weighted by Gasteiger charge is -2.61. The van der Waals surface area contributed by atoms with Crippen molar-refractivity contribution < 1.29 is 0 Å². The fourth-order valence-corrected chi connectivity index (χ4v) is 10.0. The molecule has 4 saturated carbocycles. The van der Waals surface area contributed by atoms with E-state index >= 15 is 0 Å². The van der Waals surface area contributed by atoms with Crippen LogP contribution >= 0.6 is 21.6 Å². The predicted octanol–water partition coefficient (Wildman–Crippen LogP) is 5.34. The SMILES string of the molecule is CC(C)(C)C1(C23CC4CC(CC(C4)C2)C3)SS1. The van der Waals surface area contributed by atoms with E-state index in [2.05, 4.69) is 42.4 Å². The van der Waals surface area contributed by atoms with Crippen LogP contribution < -0.4 is 0 Å². The van der Waals surface area contributed by atoms with Gasteiger partial charge in [-0.15, -0.1) is 0 Å². The van der Waals surface area contributed by atoms with Gasteiger partial charge in [0, 0.05) is 0 Å². The Hall–Kier alpha value is 0.700. The Labute approximate surface area is 113 Å². The van der Waals surface area contributed by atoms with Gasteiger partial charge in [0.2, 0.25) is 0 Å². The van der Waals surface area contributed by atoms with E-state index in [0.29, 0.717) is 9.49 Å². The van der Waals surface area contributed by atoms with Gasteiger partial charge in [-0.2, -0.15) is 0 Å². The molecule has 1 aliphatic heterocycles. The minimum absolute atomic E-state index is 0.480. The Kier molecular flexibility index (Phi) is 2.19. The second-order valence-electron chi connectivity index (χ2n) is 8.23. The monoisotopic (exact) mass is 268 g/mol. The van der Waals surface area contributed by atoms with Crippen molar-refractivity contribution in [2.75, 3.05) is 0 Å². The molecule has 0 nitrogen and oxygen atoms in total. The predicted molar refractivity (Wildman–Crippen MR) is 78.0 cm³/mol. The summed E-state index contributed by atoms with van der Waals surface area (Å²) < 4.78 is 0.579. The van der Waals surface area contributed by atoms with Crippen LogP contribution in [0.2, 0.25) is 0 Å². The van der Waals surface area contributed by atoms with Crippen LogP contribution in [0.25, 0.3) is 0 Å². The topological polar surface area (TPSA) is 0 Å². The van der Waals surface area contributed by atoms with E-state index in [-0.39, 0.29) is 0 Å². The lowest BCUT2D eigenvalue weighted by Crippen LogP contribution is -2.55. The van der Waals surface area contributed by atoms with Gasteiger partial charge in [0.05, 0.1) is 4.08 Å². The lowest BCUT2D eigenvalue weighted by molar-refractivity contribution is -0.0724. The third-order valence-corrected chi connectivity index (χ3v) is 10.1. The largest absolute Gasteiger partial charge is 0.0922 e. The van der Waals surface area contributed by atoms with E-state index in [0.717, 1.165) is 23.2 Å². The molecule has 4 aliphatic carbocycles. The van der Waals surface area contributed by atoms with Crippen molar-refractivity contribution in [1.29, 1.82) is 0 Å². The fraction of sp³-hybridized carbons (Fsp3) is 1.00. The number of hydrogen-bond acceptors (Lipinski definition) is 2. The second kappa shape index (κ2) is 3.23. The molecule has 0 unspecified atom stereocenters. The smallest absolute Gasteiger partial charge is 0.0727 e. The van der Waals surface area contributed by atoms with Crippen molar-refractivity contribution >= 4 is 21.6 Å². The molecular weight excluding hydrogens is 244 g/mol. The molecule has 0 N–H and O–H groups in total. The molecule has 0 atom stereocenters. The van der Waals surface area contributed by atoms with Gasteiger partial charge in [-0.3, -0.25) is 0 Å². The molecule has 0 amide bonds. The summed E-state index contributed by atoms with van der Waals surface area (Å²) in [6.45, 7) is 7.45. The van der Waals surface area contributed by atoms with Crippen molar-refractivity contribution in [2.24, 2.45) is 28.6 Å². The van der Waals surface area contributed by atoms with Gasteiger partial charge in [-0.1, -0.05) is 42.4 Å². The Balaban J connectivity index is 1.74. The van der Waals surface area contributed by atoms with Gasteiger partial charge in [0.1, 0.15) is 0 Å². The highest BCUT2D eigenvalue weighted by Gasteiger charge is 2.71. The maximum atomic E-state index is 2.48. The standard InChI is InChI=1S/C15H24S2/c1-13(2,3)15(16-17-15)14-7-10-4-11(8-14)6-12(5-10)9-14/h10-12H,4-9H2,1-3H3. The van der Waals surface area contributed by atoms with Crippen molar-refractivity contribution in [3.63, 3.8) is 0 Å².